The Morgan fingerprint density at radius 2 is 1.97 bits per heavy atom. The highest BCUT2D eigenvalue weighted by atomic mass is 19.4. The van der Waals surface area contributed by atoms with Crippen molar-refractivity contribution in [3.63, 3.8) is 0 Å². The summed E-state index contributed by atoms with van der Waals surface area (Å²) < 4.78 is 52.6. The van der Waals surface area contributed by atoms with E-state index in [-0.39, 0.29) is 42.7 Å². The van der Waals surface area contributed by atoms with E-state index in [4.69, 9.17) is 0 Å². The van der Waals surface area contributed by atoms with E-state index in [9.17, 15) is 27.2 Å². The van der Waals surface area contributed by atoms with Crippen LogP contribution >= 0.6 is 0 Å². The summed E-state index contributed by atoms with van der Waals surface area (Å²) in [6.45, 7) is 0.246. The molecule has 1 amide bonds. The highest BCUT2D eigenvalue weighted by Crippen LogP contribution is 2.29. The molecule has 2 aliphatic carbocycles. The lowest BCUT2D eigenvalue weighted by atomic mass is 9.86. The number of aromatic nitrogens is 2. The fraction of sp³-hybridized carbons (Fsp3) is 0.550. The Morgan fingerprint density at radius 3 is 2.59 bits per heavy atom. The summed E-state index contributed by atoms with van der Waals surface area (Å²) in [5.41, 5.74) is -1.09. The van der Waals surface area contributed by atoms with E-state index >= 15 is 0 Å². The maximum Gasteiger partial charge on any atom is 0.435 e. The van der Waals surface area contributed by atoms with Crippen molar-refractivity contribution in [1.29, 1.82) is 0 Å². The van der Waals surface area contributed by atoms with Crippen LogP contribution in [0.3, 0.4) is 0 Å². The largest absolute Gasteiger partial charge is 0.435 e. The number of amides is 1. The third-order valence-electron chi connectivity index (χ3n) is 5.42. The fourth-order valence-corrected chi connectivity index (χ4v) is 3.66. The third-order valence-corrected chi connectivity index (χ3v) is 5.42. The van der Waals surface area contributed by atoms with Gasteiger partial charge in [-0.3, -0.25) is 14.7 Å². The molecule has 3 rings (SSSR count). The second kappa shape index (κ2) is 8.92. The zero-order valence-electron chi connectivity index (χ0n) is 15.9. The molecular weight excluding hydrogens is 390 g/mol. The number of ketones is 1. The summed E-state index contributed by atoms with van der Waals surface area (Å²) in [7, 11) is 0. The van der Waals surface area contributed by atoms with E-state index in [1.54, 1.807) is 6.08 Å². The number of allylic oxidation sites excluding steroid dienone is 2. The number of nitrogens with zero attached hydrogens (tertiary/aromatic N) is 2. The van der Waals surface area contributed by atoms with Crippen molar-refractivity contribution >= 4 is 11.7 Å². The lowest BCUT2D eigenvalue weighted by molar-refractivity contribution is -0.141. The van der Waals surface area contributed by atoms with Crippen molar-refractivity contribution in [2.45, 2.75) is 51.1 Å². The number of hydrogen-bond acceptors (Lipinski definition) is 3. The molecule has 0 unspecified atom stereocenters. The highest BCUT2D eigenvalue weighted by molar-refractivity contribution is 5.92. The van der Waals surface area contributed by atoms with E-state index in [0.717, 1.165) is 12.8 Å². The number of carbonyl (C=O) groups is 2. The normalized spacial score (nSPS) is 18.4. The number of Topliss-reactive ketones (excluding diaryl/α,β-unsaturated/α-hetero) is 1. The minimum Gasteiger partial charge on any atom is -0.333 e. The van der Waals surface area contributed by atoms with Gasteiger partial charge < -0.3 is 4.90 Å². The van der Waals surface area contributed by atoms with Crippen LogP contribution in [0, 0.1) is 5.92 Å². The molecule has 0 spiro atoms. The van der Waals surface area contributed by atoms with Gasteiger partial charge in [-0.2, -0.15) is 18.3 Å². The van der Waals surface area contributed by atoms with Crippen LogP contribution in [0.1, 0.15) is 61.1 Å². The minimum atomic E-state index is -4.66. The minimum absolute atomic E-state index is 0.0206. The molecule has 158 valence electrons. The van der Waals surface area contributed by atoms with Crippen molar-refractivity contribution in [2.24, 2.45) is 5.92 Å². The van der Waals surface area contributed by atoms with Crippen molar-refractivity contribution in [3.8, 4) is 0 Å². The molecule has 0 atom stereocenters. The van der Waals surface area contributed by atoms with Crippen LogP contribution in [0.25, 0.3) is 0 Å². The molecule has 0 radical (unpaired) electrons. The van der Waals surface area contributed by atoms with E-state index in [1.807, 2.05) is 6.08 Å². The van der Waals surface area contributed by atoms with Crippen molar-refractivity contribution in [3.05, 3.63) is 41.0 Å². The first-order valence-corrected chi connectivity index (χ1v) is 9.71. The van der Waals surface area contributed by atoms with E-state index < -0.39 is 17.8 Å². The Labute approximate surface area is 165 Å². The van der Waals surface area contributed by atoms with Crippen LogP contribution in [-0.4, -0.2) is 39.9 Å². The summed E-state index contributed by atoms with van der Waals surface area (Å²) in [4.78, 5) is 25.6. The Bertz CT molecular complexity index is 816. The van der Waals surface area contributed by atoms with Crippen molar-refractivity contribution in [2.75, 3.05) is 13.1 Å². The third kappa shape index (κ3) is 5.55. The SMILES string of the molecule is O=C1CCC(CCN(CC2=C(F)CCC=C2)C(=O)c2cc(C(F)(F)F)n[nH]2)CC1. The molecule has 29 heavy (non-hydrogen) atoms. The summed E-state index contributed by atoms with van der Waals surface area (Å²) in [5.74, 6) is -0.476. The van der Waals surface area contributed by atoms with Crippen LogP contribution in [0.2, 0.25) is 0 Å². The van der Waals surface area contributed by atoms with E-state index in [0.29, 0.717) is 37.3 Å². The molecule has 1 saturated carbocycles. The van der Waals surface area contributed by atoms with Crippen LogP contribution < -0.4 is 0 Å². The molecule has 1 N–H and O–H groups in total. The zero-order valence-corrected chi connectivity index (χ0v) is 15.9. The lowest BCUT2D eigenvalue weighted by Crippen LogP contribution is -2.35. The Balaban J connectivity index is 1.74. The molecule has 2 aliphatic rings. The Hall–Kier alpha value is -2.45. The standard InChI is InChI=1S/C20H23F4N3O2/c21-16-4-2-1-3-14(16)12-27(10-9-13-5-7-15(28)8-6-13)19(29)17-11-18(26-25-17)20(22,23)24/h1,3,11,13H,2,4-10,12H2,(H,25,26). The van der Waals surface area contributed by atoms with Crippen LogP contribution in [-0.2, 0) is 11.0 Å². The maximum atomic E-state index is 14.2. The van der Waals surface area contributed by atoms with Crippen LogP contribution in [0.4, 0.5) is 17.6 Å². The molecule has 0 saturated heterocycles. The second-order valence-electron chi connectivity index (χ2n) is 7.53. The average molecular weight is 413 g/mol. The average Bonchev–Trinajstić information content (AvgIpc) is 3.18. The summed E-state index contributed by atoms with van der Waals surface area (Å²) in [6, 6.07) is 0.677. The topological polar surface area (TPSA) is 66.1 Å². The van der Waals surface area contributed by atoms with E-state index in [1.165, 1.54) is 4.90 Å². The molecule has 0 bridgehead atoms. The second-order valence-corrected chi connectivity index (χ2v) is 7.53. The summed E-state index contributed by atoms with van der Waals surface area (Å²) in [5, 5.41) is 5.33. The van der Waals surface area contributed by atoms with E-state index in [2.05, 4.69) is 10.2 Å². The van der Waals surface area contributed by atoms with Crippen LogP contribution in [0.15, 0.2) is 29.6 Å². The van der Waals surface area contributed by atoms with Gasteiger partial charge in [-0.1, -0.05) is 12.2 Å². The molecule has 0 aromatic carbocycles. The molecule has 1 aromatic heterocycles. The first kappa shape index (κ1) is 21.3. The number of aromatic amines is 1. The smallest absolute Gasteiger partial charge is 0.333 e. The first-order chi connectivity index (χ1) is 13.7. The maximum absolute atomic E-state index is 14.2. The number of carbonyl (C=O) groups excluding carboxylic acids is 2. The lowest BCUT2D eigenvalue weighted by Gasteiger charge is -2.27. The van der Waals surface area contributed by atoms with Gasteiger partial charge >= 0.3 is 6.18 Å². The monoisotopic (exact) mass is 413 g/mol. The van der Waals surface area contributed by atoms with Gasteiger partial charge in [-0.15, -0.1) is 0 Å². The van der Waals surface area contributed by atoms with Crippen molar-refractivity contribution < 1.29 is 27.2 Å². The number of nitrogens with one attached hydrogen (secondary N) is 1. The summed E-state index contributed by atoms with van der Waals surface area (Å²) >= 11 is 0. The molecule has 9 heteroatoms. The predicted molar refractivity (Wildman–Crippen MR) is 97.6 cm³/mol. The van der Waals surface area contributed by atoms with Gasteiger partial charge in [0.1, 0.15) is 17.3 Å². The first-order valence-electron chi connectivity index (χ1n) is 9.71. The zero-order chi connectivity index (χ0) is 21.0. The van der Waals surface area contributed by atoms with Crippen LogP contribution in [0.5, 0.6) is 0 Å². The molecule has 1 aromatic rings. The van der Waals surface area contributed by atoms with Gasteiger partial charge in [0.15, 0.2) is 5.69 Å². The van der Waals surface area contributed by atoms with Gasteiger partial charge in [-0.25, -0.2) is 4.39 Å². The summed E-state index contributed by atoms with van der Waals surface area (Å²) in [6.07, 6.45) is 2.70. The number of halogens is 4. The predicted octanol–water partition coefficient (Wildman–Crippen LogP) is 4.59. The number of alkyl halides is 3. The molecule has 5 nitrogen and oxygen atoms in total. The molecule has 0 aliphatic heterocycles. The number of H-pyrrole nitrogens is 1. The quantitative estimate of drug-likeness (QED) is 0.694. The Kier molecular flexibility index (Phi) is 6.54. The molecule has 1 fully saturated rings. The van der Waals surface area contributed by atoms with Crippen molar-refractivity contribution in [1.82, 2.24) is 15.1 Å². The van der Waals surface area contributed by atoms with Gasteiger partial charge in [0, 0.05) is 44.0 Å². The number of rotatable bonds is 6. The highest BCUT2D eigenvalue weighted by Gasteiger charge is 2.35. The Morgan fingerprint density at radius 1 is 1.24 bits per heavy atom. The fourth-order valence-electron chi connectivity index (χ4n) is 3.66. The number of hydrogen-bond donors (Lipinski definition) is 1. The van der Waals surface area contributed by atoms with Gasteiger partial charge in [-0.05, 0) is 31.6 Å². The molecular formula is C20H23F4N3O2. The van der Waals surface area contributed by atoms with Gasteiger partial charge in [0.05, 0.1) is 0 Å². The van der Waals surface area contributed by atoms with Gasteiger partial charge in [0.2, 0.25) is 0 Å². The molecule has 1 heterocycles. The van der Waals surface area contributed by atoms with Gasteiger partial charge in [0.25, 0.3) is 5.91 Å².